The number of piperidine rings is 1. The zero-order chi connectivity index (χ0) is 32.6. The van der Waals surface area contributed by atoms with E-state index in [9.17, 15) is 14.4 Å². The minimum atomic E-state index is -0.678. The van der Waals surface area contributed by atoms with Crippen LogP contribution in [-0.4, -0.2) is 72.3 Å². The van der Waals surface area contributed by atoms with Crippen molar-refractivity contribution in [1.82, 2.24) is 9.80 Å². The molecular weight excluding hydrogens is 562 g/mol. The summed E-state index contributed by atoms with van der Waals surface area (Å²) in [7, 11) is 1.85. The van der Waals surface area contributed by atoms with Crippen molar-refractivity contribution >= 4 is 28.4 Å². The molecule has 7 nitrogen and oxygen atoms in total. The SMILES string of the molecule is CCOC(=O)C1(Cc2ccccc2)CCN(C(=O)[C@@H](Cc2ccc3ccccc3c2)N(C)CC(=O)/C=C(\C)CC(C)(C)N)CC1. The summed E-state index contributed by atoms with van der Waals surface area (Å²) in [6.07, 6.45) is 4.36. The molecule has 3 aromatic rings. The molecule has 1 amide bonds. The number of nitrogens with zero attached hydrogens (tertiary/aromatic N) is 2. The van der Waals surface area contributed by atoms with Crippen LogP contribution in [0.1, 0.15) is 58.1 Å². The van der Waals surface area contributed by atoms with Gasteiger partial charge in [-0.15, -0.1) is 0 Å². The van der Waals surface area contributed by atoms with Crippen LogP contribution in [0.15, 0.2) is 84.4 Å². The van der Waals surface area contributed by atoms with Gasteiger partial charge < -0.3 is 15.4 Å². The van der Waals surface area contributed by atoms with E-state index < -0.39 is 17.0 Å². The molecule has 1 atom stereocenters. The number of likely N-dealkylation sites (N-methyl/N-ethyl adjacent to an activating group) is 1. The third-order valence-electron chi connectivity index (χ3n) is 8.73. The number of amides is 1. The van der Waals surface area contributed by atoms with E-state index in [0.717, 1.165) is 27.5 Å². The fraction of sp³-hybridized carbons (Fsp3) is 0.447. The van der Waals surface area contributed by atoms with Gasteiger partial charge in [-0.3, -0.25) is 19.3 Å². The predicted molar refractivity (Wildman–Crippen MR) is 181 cm³/mol. The van der Waals surface area contributed by atoms with Crippen LogP contribution in [0, 0.1) is 5.41 Å². The van der Waals surface area contributed by atoms with E-state index in [4.69, 9.17) is 10.5 Å². The summed E-state index contributed by atoms with van der Waals surface area (Å²) in [4.78, 5) is 44.5. The fourth-order valence-electron chi connectivity index (χ4n) is 6.56. The Balaban J connectivity index is 1.55. The van der Waals surface area contributed by atoms with Gasteiger partial charge in [0.05, 0.1) is 24.6 Å². The standard InChI is InChI=1S/C38H49N3O4/c1-6-45-36(44)38(26-29-12-8-7-9-13-29)18-20-41(21-19-38)35(43)34(24-30-16-17-31-14-10-11-15-32(31)23-30)40(5)27-33(42)22-28(2)25-37(3,4)39/h7-17,22-23,34H,6,18-21,24-27,39H2,1-5H3/b28-22+/t34-/m1/s1. The lowest BCUT2D eigenvalue weighted by atomic mass is 9.73. The number of fused-ring (bicyclic) bond motifs is 1. The maximum atomic E-state index is 14.3. The summed E-state index contributed by atoms with van der Waals surface area (Å²) in [5.41, 5.74) is 8.11. The molecule has 45 heavy (non-hydrogen) atoms. The van der Waals surface area contributed by atoms with Gasteiger partial charge in [-0.2, -0.15) is 0 Å². The number of rotatable bonds is 13. The van der Waals surface area contributed by atoms with Crippen molar-refractivity contribution in [2.24, 2.45) is 11.1 Å². The molecule has 7 heteroatoms. The molecule has 0 saturated carbocycles. The molecule has 0 aromatic heterocycles. The van der Waals surface area contributed by atoms with Crippen molar-refractivity contribution in [2.75, 3.05) is 33.3 Å². The van der Waals surface area contributed by atoms with Crippen molar-refractivity contribution in [3.8, 4) is 0 Å². The number of ether oxygens (including phenoxy) is 1. The number of ketones is 1. The van der Waals surface area contributed by atoms with E-state index >= 15 is 0 Å². The quantitative estimate of drug-likeness (QED) is 0.196. The van der Waals surface area contributed by atoms with Crippen LogP contribution in [0.3, 0.4) is 0 Å². The molecule has 3 aromatic carbocycles. The molecule has 0 aliphatic carbocycles. The minimum Gasteiger partial charge on any atom is -0.466 e. The molecule has 1 saturated heterocycles. The van der Waals surface area contributed by atoms with Crippen molar-refractivity contribution in [1.29, 1.82) is 0 Å². The van der Waals surface area contributed by atoms with Crippen LogP contribution in [0.25, 0.3) is 10.8 Å². The predicted octanol–water partition coefficient (Wildman–Crippen LogP) is 5.74. The molecule has 1 fully saturated rings. The van der Waals surface area contributed by atoms with E-state index in [-0.39, 0.29) is 24.2 Å². The van der Waals surface area contributed by atoms with Crippen LogP contribution in [0.2, 0.25) is 0 Å². The maximum Gasteiger partial charge on any atom is 0.312 e. The van der Waals surface area contributed by atoms with E-state index in [1.807, 2.05) is 87.0 Å². The number of esters is 1. The van der Waals surface area contributed by atoms with Crippen LogP contribution >= 0.6 is 0 Å². The molecule has 0 unspecified atom stereocenters. The van der Waals surface area contributed by atoms with Crippen molar-refractivity contribution in [3.05, 3.63) is 95.6 Å². The molecule has 0 spiro atoms. The van der Waals surface area contributed by atoms with Crippen LogP contribution < -0.4 is 5.73 Å². The highest BCUT2D eigenvalue weighted by molar-refractivity contribution is 5.93. The highest BCUT2D eigenvalue weighted by Crippen LogP contribution is 2.37. The smallest absolute Gasteiger partial charge is 0.312 e. The minimum absolute atomic E-state index is 0.0283. The lowest BCUT2D eigenvalue weighted by molar-refractivity contribution is -0.161. The van der Waals surface area contributed by atoms with Crippen molar-refractivity contribution in [3.63, 3.8) is 0 Å². The average molecular weight is 612 g/mol. The lowest BCUT2D eigenvalue weighted by Gasteiger charge is -2.42. The third kappa shape index (κ3) is 9.35. The largest absolute Gasteiger partial charge is 0.466 e. The van der Waals surface area contributed by atoms with Crippen LogP contribution in [0.4, 0.5) is 0 Å². The lowest BCUT2D eigenvalue weighted by Crippen LogP contribution is -2.54. The number of nitrogens with two attached hydrogens (primary N) is 1. The first-order chi connectivity index (χ1) is 21.4. The van der Waals surface area contributed by atoms with Crippen molar-refractivity contribution < 1.29 is 19.1 Å². The first kappa shape index (κ1) is 34.1. The molecular formula is C38H49N3O4. The van der Waals surface area contributed by atoms with Gasteiger partial charge in [-0.25, -0.2) is 0 Å². The van der Waals surface area contributed by atoms with E-state index in [0.29, 0.717) is 51.8 Å². The summed E-state index contributed by atoms with van der Waals surface area (Å²) < 4.78 is 5.56. The van der Waals surface area contributed by atoms with Gasteiger partial charge >= 0.3 is 5.97 Å². The Bertz CT molecular complexity index is 1500. The van der Waals surface area contributed by atoms with Gasteiger partial charge in [-0.05, 0) is 94.8 Å². The number of hydrogen-bond acceptors (Lipinski definition) is 6. The zero-order valence-corrected chi connectivity index (χ0v) is 27.6. The Hall–Kier alpha value is -3.81. The van der Waals surface area contributed by atoms with Crippen molar-refractivity contribution in [2.45, 2.75) is 71.4 Å². The van der Waals surface area contributed by atoms with Gasteiger partial charge in [0, 0.05) is 18.6 Å². The normalized spacial score (nSPS) is 16.1. The van der Waals surface area contributed by atoms with Gasteiger partial charge in [0.2, 0.25) is 5.91 Å². The second-order valence-corrected chi connectivity index (χ2v) is 13.4. The highest BCUT2D eigenvalue weighted by Gasteiger charge is 2.44. The monoisotopic (exact) mass is 611 g/mol. The molecule has 0 radical (unpaired) electrons. The van der Waals surface area contributed by atoms with Crippen LogP contribution in [0.5, 0.6) is 0 Å². The number of benzene rings is 3. The number of likely N-dealkylation sites (tertiary alicyclic amines) is 1. The number of carbonyl (C=O) groups is 3. The number of hydrogen-bond donors (Lipinski definition) is 1. The Morgan fingerprint density at radius 1 is 0.978 bits per heavy atom. The van der Waals surface area contributed by atoms with E-state index in [1.54, 1.807) is 6.08 Å². The average Bonchev–Trinajstić information content (AvgIpc) is 2.99. The Morgan fingerprint density at radius 2 is 1.62 bits per heavy atom. The highest BCUT2D eigenvalue weighted by atomic mass is 16.5. The first-order valence-electron chi connectivity index (χ1n) is 16.1. The Labute approximate surface area is 268 Å². The summed E-state index contributed by atoms with van der Waals surface area (Å²) >= 11 is 0. The molecule has 240 valence electrons. The topological polar surface area (TPSA) is 92.9 Å². The number of carbonyl (C=O) groups excluding carboxylic acids is 3. The molecule has 1 heterocycles. The molecule has 1 aliphatic rings. The van der Waals surface area contributed by atoms with Gasteiger partial charge in [0.1, 0.15) is 0 Å². The Kier molecular flexibility index (Phi) is 11.3. The zero-order valence-electron chi connectivity index (χ0n) is 27.6. The molecule has 0 bridgehead atoms. The van der Waals surface area contributed by atoms with Gasteiger partial charge in [0.15, 0.2) is 5.78 Å². The third-order valence-corrected chi connectivity index (χ3v) is 8.73. The maximum absolute atomic E-state index is 14.3. The van der Waals surface area contributed by atoms with Gasteiger partial charge in [-0.1, -0.05) is 78.4 Å². The fourth-order valence-corrected chi connectivity index (χ4v) is 6.56. The van der Waals surface area contributed by atoms with E-state index in [1.165, 1.54) is 0 Å². The molecule has 2 N–H and O–H groups in total. The van der Waals surface area contributed by atoms with Crippen LogP contribution in [-0.2, 0) is 32.0 Å². The summed E-state index contributed by atoms with van der Waals surface area (Å²) in [5.74, 6) is -0.281. The molecule has 4 rings (SSSR count). The Morgan fingerprint density at radius 3 is 2.27 bits per heavy atom. The summed E-state index contributed by atoms with van der Waals surface area (Å²) in [6.45, 7) is 8.96. The summed E-state index contributed by atoms with van der Waals surface area (Å²) in [6, 6.07) is 23.9. The second-order valence-electron chi connectivity index (χ2n) is 13.4. The van der Waals surface area contributed by atoms with E-state index in [2.05, 4.69) is 30.3 Å². The second kappa shape index (κ2) is 15.0. The summed E-state index contributed by atoms with van der Waals surface area (Å²) in [5, 5.41) is 2.25. The first-order valence-corrected chi connectivity index (χ1v) is 16.1. The van der Waals surface area contributed by atoms with Gasteiger partial charge in [0.25, 0.3) is 0 Å². The molecule has 1 aliphatic heterocycles.